The van der Waals surface area contributed by atoms with E-state index >= 15 is 0 Å². The van der Waals surface area contributed by atoms with Crippen LogP contribution in [0.3, 0.4) is 0 Å². The van der Waals surface area contributed by atoms with Gasteiger partial charge in [-0.3, -0.25) is 19.8 Å². The highest BCUT2D eigenvalue weighted by Crippen LogP contribution is 2.12. The Morgan fingerprint density at radius 1 is 1.10 bits per heavy atom. The number of hydrogen-bond acceptors (Lipinski definition) is 6. The number of nitrogens with two attached hydrogens (primary N) is 1. The first-order valence-electron chi connectivity index (χ1n) is 9.62. The quantitative estimate of drug-likeness (QED) is 0.144. The molecule has 11 nitrogen and oxygen atoms in total. The van der Waals surface area contributed by atoms with E-state index in [4.69, 9.17) is 26.1 Å². The summed E-state index contributed by atoms with van der Waals surface area (Å²) in [4.78, 5) is 46.7. The van der Waals surface area contributed by atoms with E-state index < -0.39 is 48.2 Å². The number of ether oxygens (including phenoxy) is 1. The molecule has 0 radical (unpaired) electrons. The lowest BCUT2D eigenvalue weighted by atomic mass is 10.0. The van der Waals surface area contributed by atoms with Gasteiger partial charge in [0.1, 0.15) is 23.7 Å². The van der Waals surface area contributed by atoms with E-state index in [1.165, 1.54) is 0 Å². The van der Waals surface area contributed by atoms with Crippen molar-refractivity contribution >= 4 is 29.6 Å². The monoisotopic (exact) mass is 436 g/mol. The van der Waals surface area contributed by atoms with Crippen molar-refractivity contribution in [2.45, 2.75) is 45.2 Å². The first kappa shape index (κ1) is 25.4. The summed E-state index contributed by atoms with van der Waals surface area (Å²) in [7, 11) is 0. The van der Waals surface area contributed by atoms with Crippen molar-refractivity contribution in [1.82, 2.24) is 10.6 Å². The molecule has 31 heavy (non-hydrogen) atoms. The van der Waals surface area contributed by atoms with Crippen molar-refractivity contribution in [3.63, 3.8) is 0 Å². The van der Waals surface area contributed by atoms with Crippen LogP contribution >= 0.6 is 0 Å². The van der Waals surface area contributed by atoms with E-state index in [2.05, 4.69) is 10.6 Å². The second-order valence-corrected chi connectivity index (χ2v) is 7.18. The van der Waals surface area contributed by atoms with Gasteiger partial charge in [0, 0.05) is 12.0 Å². The van der Waals surface area contributed by atoms with Crippen LogP contribution in [0, 0.1) is 11.3 Å². The third-order valence-corrected chi connectivity index (χ3v) is 4.24. The number of amidine groups is 1. The zero-order chi connectivity index (χ0) is 23.6. The molecular weight excluding hydrogens is 408 g/mol. The van der Waals surface area contributed by atoms with E-state index in [-0.39, 0.29) is 18.9 Å². The summed E-state index contributed by atoms with van der Waals surface area (Å²) in [5.41, 5.74) is 5.92. The summed E-state index contributed by atoms with van der Waals surface area (Å²) in [5, 5.41) is 30.1. The standard InChI is InChI=1S/C20H28N4O7/c1-11(2)17(20(29)30)24-19(28)14(10-16(26)27)23-15(25)4-3-9-31-13-7-5-12(6-8-13)18(21)22/h5-8,11,14,17H,3-4,9-10H2,1-2H3,(H3,21,22)(H,23,25)(H,24,28)(H,26,27)(H,29,30)/t14-,17-/m0/s1. The van der Waals surface area contributed by atoms with Crippen LogP contribution in [0.4, 0.5) is 0 Å². The van der Waals surface area contributed by atoms with Crippen LogP contribution in [0.15, 0.2) is 24.3 Å². The summed E-state index contributed by atoms with van der Waals surface area (Å²) in [6.45, 7) is 3.38. The summed E-state index contributed by atoms with van der Waals surface area (Å²) in [6, 6.07) is 3.92. The number of benzene rings is 1. The average molecular weight is 436 g/mol. The number of carboxylic acids is 2. The fourth-order valence-electron chi connectivity index (χ4n) is 2.57. The Bertz CT molecular complexity index is 808. The summed E-state index contributed by atoms with van der Waals surface area (Å²) in [5.74, 6) is -3.96. The molecule has 1 aromatic carbocycles. The second kappa shape index (κ2) is 12.2. The Kier molecular flexibility index (Phi) is 9.96. The maximum atomic E-state index is 12.3. The number of nitrogens with one attached hydrogen (secondary N) is 3. The molecule has 11 heteroatoms. The molecule has 0 bridgehead atoms. The van der Waals surface area contributed by atoms with E-state index in [1.807, 2.05) is 0 Å². The molecule has 0 fully saturated rings. The van der Waals surface area contributed by atoms with Gasteiger partial charge in [-0.15, -0.1) is 0 Å². The normalized spacial score (nSPS) is 12.5. The van der Waals surface area contributed by atoms with Crippen molar-refractivity contribution in [2.75, 3.05) is 6.61 Å². The van der Waals surface area contributed by atoms with Gasteiger partial charge in [-0.05, 0) is 36.6 Å². The Balaban J connectivity index is 2.55. The highest BCUT2D eigenvalue weighted by molar-refractivity contribution is 5.95. The minimum atomic E-state index is -1.40. The zero-order valence-electron chi connectivity index (χ0n) is 17.4. The number of carbonyl (C=O) groups is 4. The molecule has 2 amide bonds. The number of carbonyl (C=O) groups excluding carboxylic acids is 2. The van der Waals surface area contributed by atoms with Crippen LogP contribution in [0.1, 0.15) is 38.7 Å². The molecule has 0 heterocycles. The Labute approximate surface area is 179 Å². The molecule has 1 rings (SSSR count). The highest BCUT2D eigenvalue weighted by Gasteiger charge is 2.29. The zero-order valence-corrected chi connectivity index (χ0v) is 17.4. The lowest BCUT2D eigenvalue weighted by Gasteiger charge is -2.22. The minimum Gasteiger partial charge on any atom is -0.494 e. The van der Waals surface area contributed by atoms with E-state index in [0.29, 0.717) is 17.7 Å². The van der Waals surface area contributed by atoms with Gasteiger partial charge in [-0.2, -0.15) is 0 Å². The average Bonchev–Trinajstić information content (AvgIpc) is 2.68. The van der Waals surface area contributed by atoms with Crippen molar-refractivity contribution in [2.24, 2.45) is 11.7 Å². The topological polar surface area (TPSA) is 192 Å². The summed E-state index contributed by atoms with van der Waals surface area (Å²) in [6.07, 6.45) is -0.409. The summed E-state index contributed by atoms with van der Waals surface area (Å²) < 4.78 is 5.48. The number of hydrogen-bond donors (Lipinski definition) is 6. The largest absolute Gasteiger partial charge is 0.494 e. The molecule has 0 saturated heterocycles. The van der Waals surface area contributed by atoms with Gasteiger partial charge in [0.15, 0.2) is 0 Å². The molecule has 170 valence electrons. The van der Waals surface area contributed by atoms with Crippen LogP contribution < -0.4 is 21.1 Å². The minimum absolute atomic E-state index is 0.0263. The predicted molar refractivity (Wildman–Crippen MR) is 111 cm³/mol. The second-order valence-electron chi connectivity index (χ2n) is 7.18. The molecule has 0 saturated carbocycles. The smallest absolute Gasteiger partial charge is 0.326 e. The van der Waals surface area contributed by atoms with Crippen molar-refractivity contribution in [1.29, 1.82) is 5.41 Å². The van der Waals surface area contributed by atoms with Crippen LogP contribution in [-0.2, 0) is 19.2 Å². The fourth-order valence-corrected chi connectivity index (χ4v) is 2.57. The fraction of sp³-hybridized carbons (Fsp3) is 0.450. The molecule has 0 unspecified atom stereocenters. The van der Waals surface area contributed by atoms with Crippen LogP contribution in [0.5, 0.6) is 5.75 Å². The molecule has 0 aliphatic carbocycles. The van der Waals surface area contributed by atoms with E-state index in [0.717, 1.165) is 0 Å². The first-order chi connectivity index (χ1) is 14.5. The maximum Gasteiger partial charge on any atom is 0.326 e. The molecule has 2 atom stereocenters. The van der Waals surface area contributed by atoms with Gasteiger partial charge in [0.05, 0.1) is 13.0 Å². The van der Waals surface area contributed by atoms with Crippen LogP contribution in [0.2, 0.25) is 0 Å². The van der Waals surface area contributed by atoms with Crippen LogP contribution in [-0.4, -0.2) is 58.5 Å². The lowest BCUT2D eigenvalue weighted by Crippen LogP contribution is -2.53. The molecule has 0 aliphatic heterocycles. The van der Waals surface area contributed by atoms with Gasteiger partial charge in [-0.1, -0.05) is 13.8 Å². The van der Waals surface area contributed by atoms with E-state index in [9.17, 15) is 19.2 Å². The third kappa shape index (κ3) is 9.15. The molecule has 0 spiro atoms. The maximum absolute atomic E-state index is 12.3. The van der Waals surface area contributed by atoms with Gasteiger partial charge < -0.3 is 31.3 Å². The number of aliphatic carboxylic acids is 2. The SMILES string of the molecule is CC(C)[C@H](NC(=O)[C@H](CC(=O)O)NC(=O)CCCOc1ccc(C(=N)N)cc1)C(=O)O. The molecule has 1 aromatic rings. The van der Waals surface area contributed by atoms with Gasteiger partial charge in [0.2, 0.25) is 11.8 Å². The number of carboxylic acid groups (broad SMARTS) is 2. The van der Waals surface area contributed by atoms with Gasteiger partial charge >= 0.3 is 11.9 Å². The number of rotatable bonds is 13. The molecular formula is C20H28N4O7. The predicted octanol–water partition coefficient (Wildman–Crippen LogP) is 0.315. The number of nitrogen functional groups attached to an aromatic ring is 1. The molecule has 7 N–H and O–H groups in total. The molecule has 0 aromatic heterocycles. The Hall–Kier alpha value is -3.63. The Morgan fingerprint density at radius 3 is 2.19 bits per heavy atom. The van der Waals surface area contributed by atoms with E-state index in [1.54, 1.807) is 38.1 Å². The molecule has 0 aliphatic rings. The van der Waals surface area contributed by atoms with Crippen molar-refractivity contribution in [3.05, 3.63) is 29.8 Å². The Morgan fingerprint density at radius 2 is 1.71 bits per heavy atom. The highest BCUT2D eigenvalue weighted by atomic mass is 16.5. The first-order valence-corrected chi connectivity index (χ1v) is 9.62. The number of amides is 2. The third-order valence-electron chi connectivity index (χ3n) is 4.24. The van der Waals surface area contributed by atoms with Crippen LogP contribution in [0.25, 0.3) is 0 Å². The van der Waals surface area contributed by atoms with Gasteiger partial charge in [-0.25, -0.2) is 4.79 Å². The lowest BCUT2D eigenvalue weighted by molar-refractivity contribution is -0.144. The van der Waals surface area contributed by atoms with Crippen molar-refractivity contribution < 1.29 is 34.1 Å². The van der Waals surface area contributed by atoms with Crippen molar-refractivity contribution in [3.8, 4) is 5.75 Å². The summed E-state index contributed by atoms with van der Waals surface area (Å²) >= 11 is 0. The van der Waals surface area contributed by atoms with Gasteiger partial charge in [0.25, 0.3) is 0 Å².